The van der Waals surface area contributed by atoms with Crippen molar-refractivity contribution >= 4 is 278 Å². The molecule has 0 aliphatic heterocycles. The lowest BCUT2D eigenvalue weighted by molar-refractivity contribution is 1.08. The second-order valence-corrected chi connectivity index (χ2v) is 39.7. The summed E-state index contributed by atoms with van der Waals surface area (Å²) < 4.78 is 21.8. The number of fused-ring (bicyclic) bond motifs is 42. The van der Waals surface area contributed by atoms with E-state index in [1.165, 1.54) is 244 Å². The van der Waals surface area contributed by atoms with Gasteiger partial charge < -0.3 is 31.5 Å². The molecule has 0 aliphatic carbocycles. The third-order valence-corrected chi connectivity index (χ3v) is 32.3. The van der Waals surface area contributed by atoms with Gasteiger partial charge in [0.1, 0.15) is 11.5 Å². The van der Waals surface area contributed by atoms with E-state index in [4.69, 9.17) is 9.97 Å². The molecule has 36 rings (SSSR count). The molecule has 0 aliphatic rings. The minimum Gasteiger partial charge on any atom is -0.309 e. The highest BCUT2D eigenvalue weighted by atomic mass is 15.1. The number of hydrogen-bond acceptors (Lipinski definition) is 3. The Kier molecular flexibility index (Phi) is 15.7. The lowest BCUT2D eigenvalue weighted by Gasteiger charge is -2.11. The van der Waals surface area contributed by atoms with Gasteiger partial charge in [-0.05, 0) is 220 Å². The monoisotopic (exact) mass is 1870 g/mol. The van der Waals surface area contributed by atoms with E-state index in [2.05, 4.69) is 495 Å². The number of pyridine rings is 3. The second kappa shape index (κ2) is 29.4. The van der Waals surface area contributed by atoms with Crippen LogP contribution < -0.4 is 0 Å². The summed E-state index contributed by atoms with van der Waals surface area (Å²) in [5.74, 6) is 0.917. The van der Waals surface area contributed by atoms with Gasteiger partial charge in [-0.15, -0.1) is 0 Å². The maximum atomic E-state index is 5.29. The molecule has 0 atom stereocenters. The molecular weight excluding hydrogens is 1790 g/mol. The fraction of sp³-hybridized carbons (Fsp3) is 0. The first-order valence-electron chi connectivity index (χ1n) is 50.4. The summed E-state index contributed by atoms with van der Waals surface area (Å²) in [5.41, 5.74) is 30.9. The van der Waals surface area contributed by atoms with E-state index in [0.717, 1.165) is 67.4 Å². The van der Waals surface area contributed by atoms with Crippen molar-refractivity contribution in [1.29, 1.82) is 0 Å². The summed E-state index contributed by atoms with van der Waals surface area (Å²) in [4.78, 5) is 14.7. The van der Waals surface area contributed by atoms with Crippen molar-refractivity contribution in [2.75, 3.05) is 0 Å². The summed E-state index contributed by atoms with van der Waals surface area (Å²) in [6.07, 6.45) is 7.85. The Balaban J connectivity index is 0.0000000945. The van der Waals surface area contributed by atoms with Crippen molar-refractivity contribution < 1.29 is 0 Å². The number of hydrogen-bond donors (Lipinski definition) is 0. The smallest absolute Gasteiger partial charge is 0.145 e. The van der Waals surface area contributed by atoms with E-state index in [-0.39, 0.29) is 0 Å². The molecule has 147 heavy (non-hydrogen) atoms. The Morgan fingerprint density at radius 2 is 0.463 bits per heavy atom. The van der Waals surface area contributed by atoms with Crippen molar-refractivity contribution in [2.45, 2.75) is 0 Å². The Morgan fingerprint density at radius 1 is 0.143 bits per heavy atom. The van der Waals surface area contributed by atoms with Crippen LogP contribution >= 0.6 is 0 Å². The number of benzene rings is 21. The van der Waals surface area contributed by atoms with Crippen LogP contribution in [0.25, 0.3) is 312 Å². The van der Waals surface area contributed by atoms with Gasteiger partial charge in [0.2, 0.25) is 0 Å². The van der Waals surface area contributed by atoms with E-state index in [0.29, 0.717) is 0 Å². The Labute approximate surface area is 835 Å². The number of rotatable bonds is 6. The average Bonchev–Trinajstić information content (AvgIpc) is 1.52. The molecule has 0 saturated heterocycles. The van der Waals surface area contributed by atoms with E-state index < -0.39 is 0 Å². The quantitative estimate of drug-likeness (QED) is 0.166. The maximum Gasteiger partial charge on any atom is 0.145 e. The van der Waals surface area contributed by atoms with Crippen LogP contribution in [0.15, 0.2) is 474 Å². The standard InChI is InChI=1S/3C45H26N4/c1-2-14-29(15-3-1)47-36-19-9-6-16-30(36)33-25-42(46-26-41(33)47)48-39-23-28-13-5-4-12-27(28)22-35(39)43-40(48)24-34-31-17-7-10-20-37(31)49-38-21-11-8-18-32(38)44(43)45(34)49;1-2-13-29(14-3-1)48-40-25-30(20-21-32(40)33-17-10-22-46-45(33)48)47-39-24-28-12-5-4-11-27(28)23-36(39)42-41(47)26-35-31-15-6-8-18-37(31)49-38-19-9-7-16-34(38)43(42)44(35)49;1-2-12-29(13-3-1)47-39-19-18-30(24-34(39)32-20-21-46-26-42(32)47)48-40-23-28-11-5-4-10-27(28)22-36(40)43-41(48)25-35-31-14-6-8-16-37(31)49-38-17-9-7-15-33(38)44(43)45(35)49/h3*1-26H. The molecule has 0 radical (unpaired) electrons. The van der Waals surface area contributed by atoms with E-state index in [1.807, 2.05) is 24.7 Å². The van der Waals surface area contributed by atoms with Crippen LogP contribution in [0.2, 0.25) is 0 Å². The fourth-order valence-corrected chi connectivity index (χ4v) is 26.4. The van der Waals surface area contributed by atoms with Gasteiger partial charge in [0.15, 0.2) is 0 Å². The minimum atomic E-state index is 0.917. The lowest BCUT2D eigenvalue weighted by atomic mass is 10.0. The third-order valence-electron chi connectivity index (χ3n) is 32.3. The summed E-state index contributed by atoms with van der Waals surface area (Å²) >= 11 is 0. The summed E-state index contributed by atoms with van der Waals surface area (Å²) in [5, 5.41) is 37.7. The largest absolute Gasteiger partial charge is 0.309 e. The summed E-state index contributed by atoms with van der Waals surface area (Å²) in [7, 11) is 0. The predicted octanol–water partition coefficient (Wildman–Crippen LogP) is 34.7. The van der Waals surface area contributed by atoms with Crippen LogP contribution in [0.4, 0.5) is 0 Å². The SMILES string of the molecule is c1ccc(-n2c3cc(-n4c5cc6ccccc6cc5c5c6c7ccccc7n7c8ccccc8c(cc54)c67)ccc3c3cccnc32)cc1.c1ccc(-n2c3ccc(-n4c5cc6ccccc6cc5c5c6c7ccccc7n7c8ccccc8c(cc54)c67)cc3c3ccncc32)cc1.c1ccc(-n2c3ccccc3c3cc(-n4c5cc6ccccc6cc5c5c6c7ccccc7n7c8ccccc8c(cc54)c67)ncc32)cc1. The zero-order valence-electron chi connectivity index (χ0n) is 78.9. The molecule has 15 heterocycles. The molecule has 678 valence electrons. The number of para-hydroxylation sites is 10. The highest BCUT2D eigenvalue weighted by molar-refractivity contribution is 6.40. The second-order valence-electron chi connectivity index (χ2n) is 39.7. The van der Waals surface area contributed by atoms with Crippen molar-refractivity contribution in [3.05, 3.63) is 474 Å². The first-order chi connectivity index (χ1) is 73.0. The molecule has 0 unspecified atom stereocenters. The molecule has 0 amide bonds. The maximum absolute atomic E-state index is 5.29. The Bertz CT molecular complexity index is 11600. The van der Waals surface area contributed by atoms with E-state index in [9.17, 15) is 0 Å². The van der Waals surface area contributed by atoms with Crippen molar-refractivity contribution in [1.82, 2.24) is 55.6 Å². The van der Waals surface area contributed by atoms with Crippen molar-refractivity contribution in [2.24, 2.45) is 0 Å². The van der Waals surface area contributed by atoms with Gasteiger partial charge in [-0.25, -0.2) is 9.97 Å². The molecule has 15 aromatic heterocycles. The van der Waals surface area contributed by atoms with Gasteiger partial charge in [-0.1, -0.05) is 261 Å². The Hall–Kier alpha value is -20.0. The minimum absolute atomic E-state index is 0.917. The van der Waals surface area contributed by atoms with Crippen LogP contribution in [0, 0.1) is 0 Å². The summed E-state index contributed by atoms with van der Waals surface area (Å²) in [6, 6.07) is 164. The number of nitrogens with zero attached hydrogens (tertiary/aromatic N) is 12. The normalized spacial score (nSPS) is 12.5. The van der Waals surface area contributed by atoms with Crippen molar-refractivity contribution in [3.8, 4) is 34.3 Å². The first kappa shape index (κ1) is 78.8. The topological polar surface area (TPSA) is 81.5 Å². The van der Waals surface area contributed by atoms with E-state index in [1.54, 1.807) is 0 Å². The van der Waals surface area contributed by atoms with Crippen LogP contribution in [-0.4, -0.2) is 55.6 Å². The molecule has 0 spiro atoms. The van der Waals surface area contributed by atoms with Gasteiger partial charge in [0.05, 0.1) is 123 Å². The van der Waals surface area contributed by atoms with Crippen LogP contribution in [0.1, 0.15) is 0 Å². The van der Waals surface area contributed by atoms with Gasteiger partial charge in [-0.2, -0.15) is 0 Å². The number of aromatic nitrogens is 12. The van der Waals surface area contributed by atoms with Crippen LogP contribution in [0.3, 0.4) is 0 Å². The molecular formula is C135H78N12. The third kappa shape index (κ3) is 10.6. The Morgan fingerprint density at radius 3 is 0.925 bits per heavy atom. The molecule has 36 aromatic rings. The van der Waals surface area contributed by atoms with Crippen LogP contribution in [0.5, 0.6) is 0 Å². The first-order valence-corrected chi connectivity index (χ1v) is 50.4. The zero-order valence-corrected chi connectivity index (χ0v) is 78.9. The van der Waals surface area contributed by atoms with Crippen LogP contribution in [-0.2, 0) is 0 Å². The van der Waals surface area contributed by atoms with Gasteiger partial charge in [-0.3, -0.25) is 14.1 Å². The lowest BCUT2D eigenvalue weighted by Crippen LogP contribution is -1.98. The fourth-order valence-electron chi connectivity index (χ4n) is 26.4. The molecule has 0 N–H and O–H groups in total. The van der Waals surface area contributed by atoms with Gasteiger partial charge in [0, 0.05) is 170 Å². The molecule has 12 nitrogen and oxygen atoms in total. The van der Waals surface area contributed by atoms with Gasteiger partial charge in [0.25, 0.3) is 0 Å². The van der Waals surface area contributed by atoms with Gasteiger partial charge >= 0.3 is 0 Å². The van der Waals surface area contributed by atoms with Crippen molar-refractivity contribution in [3.63, 3.8) is 0 Å². The highest BCUT2D eigenvalue weighted by Gasteiger charge is 2.32. The highest BCUT2D eigenvalue weighted by Crippen LogP contribution is 2.54. The zero-order chi connectivity index (χ0) is 95.4. The molecule has 12 heteroatoms. The molecule has 0 saturated carbocycles. The molecule has 0 fully saturated rings. The predicted molar refractivity (Wildman–Crippen MR) is 615 cm³/mol. The molecule has 0 bridgehead atoms. The van der Waals surface area contributed by atoms with E-state index >= 15 is 0 Å². The molecule has 21 aromatic carbocycles. The summed E-state index contributed by atoms with van der Waals surface area (Å²) in [6.45, 7) is 0. The average molecular weight is 1870 g/mol.